The van der Waals surface area contributed by atoms with Gasteiger partial charge >= 0.3 is 0 Å². The van der Waals surface area contributed by atoms with Gasteiger partial charge in [0, 0.05) is 11.3 Å². The summed E-state index contributed by atoms with van der Waals surface area (Å²) in [6.45, 7) is 3.96. The molecule has 110 valence electrons. The molecule has 5 nitrogen and oxygen atoms in total. The van der Waals surface area contributed by atoms with Crippen LogP contribution in [0.15, 0.2) is 51.8 Å². The highest BCUT2D eigenvalue weighted by Gasteiger charge is 2.40. The Labute approximate surface area is 127 Å². The van der Waals surface area contributed by atoms with Gasteiger partial charge in [-0.1, -0.05) is 35.9 Å². The highest BCUT2D eigenvalue weighted by atomic mass is 16.5. The van der Waals surface area contributed by atoms with Gasteiger partial charge in [-0.15, -0.1) is 0 Å². The number of dihydropyridines is 1. The van der Waals surface area contributed by atoms with Crippen molar-refractivity contribution in [3.05, 3.63) is 58.0 Å². The Bertz CT molecular complexity index is 865. The molecule has 0 aliphatic carbocycles. The number of aliphatic imine (C=N–C) groups is 1. The first-order valence-corrected chi connectivity index (χ1v) is 7.22. The van der Waals surface area contributed by atoms with Crippen molar-refractivity contribution >= 4 is 5.71 Å². The monoisotopic (exact) mass is 293 g/mol. The number of aromatic nitrogens is 2. The van der Waals surface area contributed by atoms with Gasteiger partial charge in [-0.25, -0.2) is 9.98 Å². The molecule has 0 saturated carbocycles. The predicted molar refractivity (Wildman–Crippen MR) is 84.3 cm³/mol. The number of hydrogen-bond donors (Lipinski definition) is 1. The second-order valence-electron chi connectivity index (χ2n) is 5.64. The Hall–Kier alpha value is -2.69. The van der Waals surface area contributed by atoms with Gasteiger partial charge in [-0.3, -0.25) is 4.79 Å². The summed E-state index contributed by atoms with van der Waals surface area (Å²) in [6, 6.07) is 9.61. The summed E-state index contributed by atoms with van der Waals surface area (Å²) in [4.78, 5) is 24.3. The third-order valence-electron chi connectivity index (χ3n) is 4.03. The van der Waals surface area contributed by atoms with Gasteiger partial charge in [-0.05, 0) is 19.9 Å². The highest BCUT2D eigenvalue weighted by molar-refractivity contribution is 5.94. The maximum atomic E-state index is 12.3. The van der Waals surface area contributed by atoms with E-state index >= 15 is 0 Å². The van der Waals surface area contributed by atoms with E-state index in [0.29, 0.717) is 17.3 Å². The first kappa shape index (κ1) is 13.0. The van der Waals surface area contributed by atoms with Crippen molar-refractivity contribution in [2.75, 3.05) is 0 Å². The van der Waals surface area contributed by atoms with E-state index in [1.165, 1.54) is 0 Å². The number of benzene rings is 1. The lowest BCUT2D eigenvalue weighted by Crippen LogP contribution is -2.22. The van der Waals surface area contributed by atoms with E-state index in [1.807, 2.05) is 50.3 Å². The van der Waals surface area contributed by atoms with Crippen LogP contribution in [0.3, 0.4) is 0 Å². The smallest absolute Gasteiger partial charge is 0.293 e. The minimum atomic E-state index is -0.375. The van der Waals surface area contributed by atoms with E-state index in [1.54, 1.807) is 0 Å². The van der Waals surface area contributed by atoms with E-state index in [-0.39, 0.29) is 17.7 Å². The number of nitrogens with one attached hydrogen (secondary N) is 1. The van der Waals surface area contributed by atoms with E-state index in [0.717, 1.165) is 16.8 Å². The molecule has 1 aromatic carbocycles. The summed E-state index contributed by atoms with van der Waals surface area (Å²) in [5, 5.41) is 0. The molecule has 2 aliphatic heterocycles. The molecule has 0 amide bonds. The zero-order chi connectivity index (χ0) is 15.3. The zero-order valence-corrected chi connectivity index (χ0v) is 12.3. The van der Waals surface area contributed by atoms with Crippen molar-refractivity contribution in [1.29, 1.82) is 0 Å². The predicted octanol–water partition coefficient (Wildman–Crippen LogP) is 2.66. The molecule has 1 aromatic heterocycles. The van der Waals surface area contributed by atoms with Crippen molar-refractivity contribution < 1.29 is 4.74 Å². The highest BCUT2D eigenvalue weighted by Crippen LogP contribution is 2.41. The summed E-state index contributed by atoms with van der Waals surface area (Å²) < 4.78 is 5.74. The largest absolute Gasteiger partial charge is 0.460 e. The van der Waals surface area contributed by atoms with Gasteiger partial charge in [0.25, 0.3) is 5.56 Å². The lowest BCUT2D eigenvalue weighted by molar-refractivity contribution is 0.223. The summed E-state index contributed by atoms with van der Waals surface area (Å²) in [5.74, 6) is 0.775. The third-order valence-corrected chi connectivity index (χ3v) is 4.03. The minimum absolute atomic E-state index is 0.0801. The maximum absolute atomic E-state index is 12.3. The van der Waals surface area contributed by atoms with Crippen LogP contribution in [-0.4, -0.2) is 21.9 Å². The molecule has 2 aromatic rings. The molecule has 0 radical (unpaired) electrons. The molecule has 1 N–H and O–H groups in total. The normalized spacial score (nSPS) is 22.3. The van der Waals surface area contributed by atoms with Crippen molar-refractivity contribution in [3.63, 3.8) is 0 Å². The number of allylic oxidation sites excluding steroid dienone is 1. The van der Waals surface area contributed by atoms with Crippen molar-refractivity contribution in [1.82, 2.24) is 9.97 Å². The molecule has 3 heterocycles. The topological polar surface area (TPSA) is 67.3 Å². The molecule has 2 aliphatic rings. The quantitative estimate of drug-likeness (QED) is 0.879. The number of ether oxygens (including phenoxy) is 1. The number of hydrogen-bond acceptors (Lipinski definition) is 4. The minimum Gasteiger partial charge on any atom is -0.460 e. The molecule has 5 heteroatoms. The van der Waals surface area contributed by atoms with Crippen LogP contribution in [0.5, 0.6) is 5.75 Å². The molecule has 0 saturated heterocycles. The van der Waals surface area contributed by atoms with Crippen LogP contribution in [0, 0.1) is 0 Å². The Morgan fingerprint density at radius 2 is 1.95 bits per heavy atom. The molecular formula is C17H15N3O2. The van der Waals surface area contributed by atoms with Crippen molar-refractivity contribution in [2.45, 2.75) is 26.0 Å². The Morgan fingerprint density at radius 3 is 2.73 bits per heavy atom. The van der Waals surface area contributed by atoms with Crippen LogP contribution in [-0.2, 0) is 0 Å². The molecule has 0 fully saturated rings. The summed E-state index contributed by atoms with van der Waals surface area (Å²) in [6.07, 6.45) is 1.64. The van der Waals surface area contributed by atoms with E-state index in [9.17, 15) is 4.79 Å². The summed E-state index contributed by atoms with van der Waals surface area (Å²) in [5.41, 5.74) is 3.33. The molecule has 0 spiro atoms. The number of rotatable bonds is 1. The Kier molecular flexibility index (Phi) is 2.76. The fourth-order valence-corrected chi connectivity index (χ4v) is 3.06. The second-order valence-corrected chi connectivity index (χ2v) is 5.64. The van der Waals surface area contributed by atoms with Gasteiger partial charge in [0.1, 0.15) is 11.5 Å². The van der Waals surface area contributed by atoms with Gasteiger partial charge in [-0.2, -0.15) is 0 Å². The van der Waals surface area contributed by atoms with Crippen LogP contribution in [0.4, 0.5) is 0 Å². The fraction of sp³-hybridized carbons (Fsp3) is 0.235. The molecule has 4 rings (SSSR count). The fourth-order valence-electron chi connectivity index (χ4n) is 3.06. The number of fused-ring (bicyclic) bond motifs is 3. The first-order chi connectivity index (χ1) is 10.6. The average Bonchev–Trinajstić information content (AvgIpc) is 2.87. The van der Waals surface area contributed by atoms with Gasteiger partial charge in [0.2, 0.25) is 12.0 Å². The lowest BCUT2D eigenvalue weighted by Gasteiger charge is -2.20. The SMILES string of the molecule is CC1=CC(C)=NC2Oc3c(nc(-c4ccccc4)[nH]c3=O)C12. The standard InChI is InChI=1S/C17H15N3O2/c1-9-8-10(2)18-17-12(9)13-14(22-17)16(21)20-15(19-13)11-6-4-3-5-7-11/h3-8,12,17H,1-2H3,(H,19,20,21). The van der Waals surface area contributed by atoms with Gasteiger partial charge in [0.05, 0.1) is 5.92 Å². The summed E-state index contributed by atoms with van der Waals surface area (Å²) in [7, 11) is 0. The van der Waals surface area contributed by atoms with Crippen LogP contribution >= 0.6 is 0 Å². The third kappa shape index (κ3) is 1.89. The van der Waals surface area contributed by atoms with Crippen LogP contribution < -0.4 is 10.3 Å². The van der Waals surface area contributed by atoms with E-state index in [2.05, 4.69) is 15.0 Å². The van der Waals surface area contributed by atoms with Crippen LogP contribution in [0.25, 0.3) is 11.4 Å². The van der Waals surface area contributed by atoms with Crippen molar-refractivity contribution in [3.8, 4) is 17.1 Å². The second kappa shape index (κ2) is 4.66. The van der Waals surface area contributed by atoms with Crippen molar-refractivity contribution in [2.24, 2.45) is 4.99 Å². The number of aromatic amines is 1. The van der Waals surface area contributed by atoms with Crippen LogP contribution in [0.1, 0.15) is 25.5 Å². The van der Waals surface area contributed by atoms with E-state index in [4.69, 9.17) is 4.74 Å². The molecule has 0 bridgehead atoms. The van der Waals surface area contributed by atoms with Gasteiger partial charge < -0.3 is 9.72 Å². The Balaban J connectivity index is 1.88. The van der Waals surface area contributed by atoms with E-state index < -0.39 is 0 Å². The molecule has 2 atom stereocenters. The number of nitrogens with zero attached hydrogens (tertiary/aromatic N) is 2. The maximum Gasteiger partial charge on any atom is 0.293 e. The Morgan fingerprint density at radius 1 is 1.18 bits per heavy atom. The first-order valence-electron chi connectivity index (χ1n) is 7.22. The zero-order valence-electron chi connectivity index (χ0n) is 12.3. The van der Waals surface area contributed by atoms with Gasteiger partial charge in [0.15, 0.2) is 0 Å². The summed E-state index contributed by atoms with van der Waals surface area (Å²) >= 11 is 0. The average molecular weight is 293 g/mol. The number of H-pyrrole nitrogens is 1. The van der Waals surface area contributed by atoms with Crippen LogP contribution in [0.2, 0.25) is 0 Å². The molecule has 22 heavy (non-hydrogen) atoms. The molecule has 2 unspecified atom stereocenters. The molecular weight excluding hydrogens is 278 g/mol. The lowest BCUT2D eigenvalue weighted by atomic mass is 9.93.